The van der Waals surface area contributed by atoms with Gasteiger partial charge in [-0.1, -0.05) is 15.9 Å². The minimum atomic E-state index is -1.02. The molecule has 1 aromatic carbocycles. The van der Waals surface area contributed by atoms with Crippen molar-refractivity contribution in [3.63, 3.8) is 0 Å². The van der Waals surface area contributed by atoms with E-state index < -0.39 is 5.97 Å². The second kappa shape index (κ2) is 3.58. The number of carboxylic acids is 1. The summed E-state index contributed by atoms with van der Waals surface area (Å²) in [6, 6.07) is 4.86. The summed E-state index contributed by atoms with van der Waals surface area (Å²) in [6.45, 7) is 1.69. The van der Waals surface area contributed by atoms with Gasteiger partial charge in [-0.15, -0.1) is 0 Å². The second-order valence-electron chi connectivity index (χ2n) is 2.55. The first-order valence-electron chi connectivity index (χ1n) is 3.50. The molecule has 0 aliphatic rings. The molecule has 0 aliphatic carbocycles. The largest absolute Gasteiger partial charge is 0.478 e. The SMILES string of the molecule is Cc1c(Br)cc(C#N)cc1C(=O)O. The average Bonchev–Trinajstić information content (AvgIpc) is 2.09. The van der Waals surface area contributed by atoms with E-state index in [-0.39, 0.29) is 5.56 Å². The summed E-state index contributed by atoms with van der Waals surface area (Å²) >= 11 is 3.19. The Labute approximate surface area is 83.7 Å². The molecule has 1 rings (SSSR count). The van der Waals surface area contributed by atoms with Crippen LogP contribution in [0.1, 0.15) is 21.5 Å². The van der Waals surface area contributed by atoms with Crippen LogP contribution in [0.25, 0.3) is 0 Å². The third-order valence-electron chi connectivity index (χ3n) is 1.70. The van der Waals surface area contributed by atoms with E-state index >= 15 is 0 Å². The highest BCUT2D eigenvalue weighted by molar-refractivity contribution is 9.10. The molecule has 4 heteroatoms. The van der Waals surface area contributed by atoms with Crippen molar-refractivity contribution in [2.24, 2.45) is 0 Å². The fraction of sp³-hybridized carbons (Fsp3) is 0.111. The van der Waals surface area contributed by atoms with Crippen molar-refractivity contribution in [3.8, 4) is 6.07 Å². The zero-order valence-corrected chi connectivity index (χ0v) is 8.42. The van der Waals surface area contributed by atoms with Crippen molar-refractivity contribution >= 4 is 21.9 Å². The minimum absolute atomic E-state index is 0.158. The molecule has 0 atom stereocenters. The van der Waals surface area contributed by atoms with Crippen LogP contribution >= 0.6 is 15.9 Å². The van der Waals surface area contributed by atoms with E-state index in [2.05, 4.69) is 15.9 Å². The third kappa shape index (κ3) is 1.87. The van der Waals surface area contributed by atoms with Crippen molar-refractivity contribution in [3.05, 3.63) is 33.3 Å². The zero-order valence-electron chi connectivity index (χ0n) is 6.84. The van der Waals surface area contributed by atoms with Crippen LogP contribution in [0, 0.1) is 18.3 Å². The molecule has 3 nitrogen and oxygen atoms in total. The van der Waals surface area contributed by atoms with Crippen molar-refractivity contribution in [2.75, 3.05) is 0 Å². The number of rotatable bonds is 1. The zero-order chi connectivity index (χ0) is 10.0. The molecule has 1 aromatic rings. The van der Waals surface area contributed by atoms with Gasteiger partial charge in [0.1, 0.15) is 0 Å². The van der Waals surface area contributed by atoms with Gasteiger partial charge >= 0.3 is 5.97 Å². The molecule has 0 spiro atoms. The van der Waals surface area contributed by atoms with E-state index in [4.69, 9.17) is 10.4 Å². The minimum Gasteiger partial charge on any atom is -0.478 e. The Kier molecular flexibility index (Phi) is 2.69. The molecular formula is C9H6BrNO2. The summed E-state index contributed by atoms with van der Waals surface area (Å²) in [5.41, 5.74) is 1.13. The first-order valence-corrected chi connectivity index (χ1v) is 4.29. The predicted octanol–water partition coefficient (Wildman–Crippen LogP) is 2.33. The number of nitriles is 1. The van der Waals surface area contributed by atoms with Gasteiger partial charge in [0.2, 0.25) is 0 Å². The maximum Gasteiger partial charge on any atom is 0.336 e. The first kappa shape index (κ1) is 9.75. The molecule has 0 fully saturated rings. The van der Waals surface area contributed by atoms with Crippen LogP contribution in [0.3, 0.4) is 0 Å². The Balaban J connectivity index is 3.44. The van der Waals surface area contributed by atoms with Gasteiger partial charge in [-0.3, -0.25) is 0 Å². The van der Waals surface area contributed by atoms with Crippen LogP contribution in [0.5, 0.6) is 0 Å². The Hall–Kier alpha value is -1.34. The topological polar surface area (TPSA) is 61.1 Å². The third-order valence-corrected chi connectivity index (χ3v) is 2.53. The number of carboxylic acid groups (broad SMARTS) is 1. The van der Waals surface area contributed by atoms with Crippen LogP contribution in [0.2, 0.25) is 0 Å². The van der Waals surface area contributed by atoms with Crippen LogP contribution in [0.15, 0.2) is 16.6 Å². The van der Waals surface area contributed by atoms with E-state index in [1.807, 2.05) is 6.07 Å². The number of hydrogen-bond donors (Lipinski definition) is 1. The normalized spacial score (nSPS) is 9.31. The van der Waals surface area contributed by atoms with E-state index in [9.17, 15) is 4.79 Å². The summed E-state index contributed by atoms with van der Waals surface area (Å²) in [7, 11) is 0. The molecule has 0 saturated carbocycles. The Morgan fingerprint density at radius 3 is 2.69 bits per heavy atom. The number of aromatic carboxylic acids is 1. The lowest BCUT2D eigenvalue weighted by atomic mass is 10.1. The van der Waals surface area contributed by atoms with Gasteiger partial charge in [-0.05, 0) is 24.6 Å². The highest BCUT2D eigenvalue weighted by atomic mass is 79.9. The molecule has 1 N–H and O–H groups in total. The van der Waals surface area contributed by atoms with Crippen molar-refractivity contribution in [2.45, 2.75) is 6.92 Å². The van der Waals surface area contributed by atoms with Gasteiger partial charge in [0.05, 0.1) is 17.2 Å². The van der Waals surface area contributed by atoms with Crippen LogP contribution in [-0.2, 0) is 0 Å². The molecule has 0 aromatic heterocycles. The average molecular weight is 240 g/mol. The maximum atomic E-state index is 10.7. The van der Waals surface area contributed by atoms with Gasteiger partial charge < -0.3 is 5.11 Å². The molecule has 0 amide bonds. The smallest absolute Gasteiger partial charge is 0.336 e. The first-order chi connectivity index (χ1) is 6.06. The highest BCUT2D eigenvalue weighted by Crippen LogP contribution is 2.21. The van der Waals surface area contributed by atoms with E-state index in [1.165, 1.54) is 6.07 Å². The lowest BCUT2D eigenvalue weighted by Gasteiger charge is -2.03. The molecular weight excluding hydrogens is 234 g/mol. The van der Waals surface area contributed by atoms with Crippen LogP contribution < -0.4 is 0 Å². The standard InChI is InChI=1S/C9H6BrNO2/c1-5-7(9(12)13)2-6(4-11)3-8(5)10/h2-3H,1H3,(H,12,13). The molecule has 0 aliphatic heterocycles. The molecule has 0 unspecified atom stereocenters. The molecule has 0 saturated heterocycles. The molecule has 0 radical (unpaired) electrons. The predicted molar refractivity (Wildman–Crippen MR) is 50.6 cm³/mol. The lowest BCUT2D eigenvalue weighted by molar-refractivity contribution is 0.0696. The van der Waals surface area contributed by atoms with Crippen molar-refractivity contribution in [1.82, 2.24) is 0 Å². The Bertz CT molecular complexity index is 407. The summed E-state index contributed by atoms with van der Waals surface area (Å²) in [4.78, 5) is 10.7. The van der Waals surface area contributed by atoms with Gasteiger partial charge in [0, 0.05) is 4.47 Å². The van der Waals surface area contributed by atoms with Gasteiger partial charge in [0.25, 0.3) is 0 Å². The fourth-order valence-corrected chi connectivity index (χ4v) is 1.43. The number of halogens is 1. The quantitative estimate of drug-likeness (QED) is 0.819. The summed E-state index contributed by atoms with van der Waals surface area (Å²) < 4.78 is 0.643. The molecule has 13 heavy (non-hydrogen) atoms. The summed E-state index contributed by atoms with van der Waals surface area (Å²) in [5.74, 6) is -1.02. The number of benzene rings is 1. The Morgan fingerprint density at radius 2 is 2.23 bits per heavy atom. The monoisotopic (exact) mass is 239 g/mol. The molecule has 66 valence electrons. The highest BCUT2D eigenvalue weighted by Gasteiger charge is 2.10. The summed E-state index contributed by atoms with van der Waals surface area (Å²) in [5, 5.41) is 17.4. The Morgan fingerprint density at radius 1 is 1.62 bits per heavy atom. The van der Waals surface area contributed by atoms with E-state index in [1.54, 1.807) is 13.0 Å². The lowest BCUT2D eigenvalue weighted by Crippen LogP contribution is -2.00. The van der Waals surface area contributed by atoms with Crippen LogP contribution in [-0.4, -0.2) is 11.1 Å². The van der Waals surface area contributed by atoms with Crippen molar-refractivity contribution in [1.29, 1.82) is 5.26 Å². The van der Waals surface area contributed by atoms with Gasteiger partial charge in [-0.2, -0.15) is 5.26 Å². The van der Waals surface area contributed by atoms with Gasteiger partial charge in [0.15, 0.2) is 0 Å². The second-order valence-corrected chi connectivity index (χ2v) is 3.40. The molecule has 0 heterocycles. The summed E-state index contributed by atoms with van der Waals surface area (Å²) in [6.07, 6.45) is 0. The number of nitrogens with zero attached hydrogens (tertiary/aromatic N) is 1. The fourth-order valence-electron chi connectivity index (χ4n) is 0.966. The van der Waals surface area contributed by atoms with E-state index in [0.717, 1.165) is 0 Å². The maximum absolute atomic E-state index is 10.7. The van der Waals surface area contributed by atoms with E-state index in [0.29, 0.717) is 15.6 Å². The number of carbonyl (C=O) groups is 1. The number of hydrogen-bond acceptors (Lipinski definition) is 2. The van der Waals surface area contributed by atoms with Crippen molar-refractivity contribution < 1.29 is 9.90 Å². The van der Waals surface area contributed by atoms with Crippen LogP contribution in [0.4, 0.5) is 0 Å². The molecule has 0 bridgehead atoms. The van der Waals surface area contributed by atoms with Gasteiger partial charge in [-0.25, -0.2) is 4.79 Å².